The van der Waals surface area contributed by atoms with Crippen molar-refractivity contribution in [3.63, 3.8) is 0 Å². The predicted octanol–water partition coefficient (Wildman–Crippen LogP) is 2.46. The summed E-state index contributed by atoms with van der Waals surface area (Å²) in [6, 6.07) is 0.511. The highest BCUT2D eigenvalue weighted by atomic mass is 19.4. The maximum Gasteiger partial charge on any atom is 0.418 e. The molecule has 0 bridgehead atoms. The topological polar surface area (TPSA) is 87.9 Å². The second-order valence-corrected chi connectivity index (χ2v) is 7.00. The van der Waals surface area contributed by atoms with Crippen LogP contribution >= 0.6 is 0 Å². The van der Waals surface area contributed by atoms with Crippen molar-refractivity contribution in [3.8, 4) is 0 Å². The zero-order valence-electron chi connectivity index (χ0n) is 16.8. The van der Waals surface area contributed by atoms with Gasteiger partial charge in [0.1, 0.15) is 12.6 Å². The molecule has 15 heteroatoms. The molecule has 1 aliphatic rings. The van der Waals surface area contributed by atoms with E-state index < -0.39 is 67.5 Å². The number of rotatable bonds is 8. The van der Waals surface area contributed by atoms with Gasteiger partial charge in [-0.05, 0) is 18.2 Å². The van der Waals surface area contributed by atoms with E-state index in [9.17, 15) is 44.7 Å². The Hall–Kier alpha value is -2.52. The van der Waals surface area contributed by atoms with Crippen LogP contribution in [0.2, 0.25) is 0 Å². The van der Waals surface area contributed by atoms with Gasteiger partial charge in [-0.3, -0.25) is 14.5 Å². The van der Waals surface area contributed by atoms with Gasteiger partial charge in [-0.25, -0.2) is 8.78 Å². The van der Waals surface area contributed by atoms with Crippen LogP contribution in [0.3, 0.4) is 0 Å². The first-order valence-corrected chi connectivity index (χ1v) is 9.42. The molecule has 33 heavy (non-hydrogen) atoms. The summed E-state index contributed by atoms with van der Waals surface area (Å²) in [6.45, 7) is -4.52. The molecular formula is C18H20F8N4O3. The number of carbonyl (C=O) groups excluding carboxylic acids is 2. The number of amides is 2. The fraction of sp³-hybridized carbons (Fsp3) is 0.556. The quantitative estimate of drug-likeness (QED) is 0.545. The molecule has 0 saturated carbocycles. The minimum absolute atomic E-state index is 0.0168. The lowest BCUT2D eigenvalue weighted by Gasteiger charge is -2.31. The van der Waals surface area contributed by atoms with Crippen LogP contribution in [-0.4, -0.2) is 74.8 Å². The first kappa shape index (κ1) is 26.7. The van der Waals surface area contributed by atoms with E-state index in [1.807, 2.05) is 5.32 Å². The lowest BCUT2D eigenvalue weighted by Crippen LogP contribution is -2.53. The molecule has 1 atom stereocenters. The number of benzene rings is 1. The fourth-order valence-corrected chi connectivity index (χ4v) is 3.18. The largest absolute Gasteiger partial charge is 0.418 e. The van der Waals surface area contributed by atoms with E-state index in [1.54, 1.807) is 0 Å². The monoisotopic (exact) mass is 492 g/mol. The summed E-state index contributed by atoms with van der Waals surface area (Å²) in [5.41, 5.74) is 2.93. The summed E-state index contributed by atoms with van der Waals surface area (Å²) >= 11 is 0. The summed E-state index contributed by atoms with van der Waals surface area (Å²) in [5.74, 6) is -2.02. The smallest absolute Gasteiger partial charge is 0.370 e. The van der Waals surface area contributed by atoms with E-state index in [0.717, 1.165) is 17.0 Å². The molecular weight excluding hydrogens is 472 g/mol. The molecule has 7 nitrogen and oxygen atoms in total. The minimum atomic E-state index is -5.03. The maximum atomic E-state index is 13.6. The molecule has 1 aromatic carbocycles. The Morgan fingerprint density at radius 2 is 1.88 bits per heavy atom. The SMILES string of the molecule is NC[C@@H](C(=O)Nc1ccc(N2CCOCC2=O)cc1C(F)(F)F)N(CC(F)F)CC(F)(F)F. The van der Waals surface area contributed by atoms with E-state index in [4.69, 9.17) is 10.5 Å². The Morgan fingerprint density at radius 1 is 1.21 bits per heavy atom. The summed E-state index contributed by atoms with van der Waals surface area (Å²) in [7, 11) is 0. The molecule has 0 aliphatic carbocycles. The average molecular weight is 492 g/mol. The summed E-state index contributed by atoms with van der Waals surface area (Å²) in [5, 5.41) is 1.83. The molecule has 1 saturated heterocycles. The van der Waals surface area contributed by atoms with Gasteiger partial charge in [0.25, 0.3) is 12.3 Å². The Morgan fingerprint density at radius 3 is 2.39 bits per heavy atom. The van der Waals surface area contributed by atoms with E-state index in [1.165, 1.54) is 0 Å². The van der Waals surface area contributed by atoms with Gasteiger partial charge in [-0.1, -0.05) is 0 Å². The molecule has 0 aromatic heterocycles. The van der Waals surface area contributed by atoms with E-state index in [-0.39, 0.29) is 30.3 Å². The van der Waals surface area contributed by atoms with Crippen molar-refractivity contribution >= 4 is 23.2 Å². The number of carbonyl (C=O) groups is 2. The minimum Gasteiger partial charge on any atom is -0.370 e. The van der Waals surface area contributed by atoms with Crippen molar-refractivity contribution in [1.82, 2.24) is 4.90 Å². The van der Waals surface area contributed by atoms with Gasteiger partial charge < -0.3 is 20.7 Å². The Balaban J connectivity index is 2.34. The number of hydrogen-bond donors (Lipinski definition) is 2. The first-order chi connectivity index (χ1) is 15.2. The number of halogens is 8. The number of nitrogens with two attached hydrogens (primary N) is 1. The third-order valence-corrected chi connectivity index (χ3v) is 4.59. The van der Waals surface area contributed by atoms with Crippen LogP contribution in [0.4, 0.5) is 46.5 Å². The number of ether oxygens (including phenoxy) is 1. The molecule has 1 aliphatic heterocycles. The van der Waals surface area contributed by atoms with E-state index >= 15 is 0 Å². The molecule has 0 unspecified atom stereocenters. The van der Waals surface area contributed by atoms with Crippen molar-refractivity contribution in [2.45, 2.75) is 24.8 Å². The number of hydrogen-bond acceptors (Lipinski definition) is 5. The van der Waals surface area contributed by atoms with Gasteiger partial charge >= 0.3 is 12.4 Å². The van der Waals surface area contributed by atoms with E-state index in [2.05, 4.69) is 0 Å². The lowest BCUT2D eigenvalue weighted by atomic mass is 10.1. The molecule has 3 N–H and O–H groups in total. The van der Waals surface area contributed by atoms with Gasteiger partial charge in [0.05, 0.1) is 30.9 Å². The van der Waals surface area contributed by atoms with Crippen molar-refractivity contribution in [3.05, 3.63) is 23.8 Å². The second kappa shape index (κ2) is 10.6. The maximum absolute atomic E-state index is 13.6. The van der Waals surface area contributed by atoms with Crippen LogP contribution in [-0.2, 0) is 20.5 Å². The van der Waals surface area contributed by atoms with E-state index in [0.29, 0.717) is 6.07 Å². The summed E-state index contributed by atoms with van der Waals surface area (Å²) in [6.07, 6.45) is -13.3. The van der Waals surface area contributed by atoms with Crippen molar-refractivity contribution < 1.29 is 49.4 Å². The number of morpholine rings is 1. The molecule has 2 rings (SSSR count). The standard InChI is InChI=1S/C18H20F8N4O3/c19-14(20)7-29(9-17(21,22)23)13(6-27)16(32)28-12-2-1-10(5-11(12)18(24,25)26)30-3-4-33-8-15(30)31/h1-2,5,13-14H,3-4,6-9,27H2,(H,28,32)/t13-/m0/s1. The second-order valence-electron chi connectivity index (χ2n) is 7.00. The highest BCUT2D eigenvalue weighted by Crippen LogP contribution is 2.38. The molecule has 0 spiro atoms. The number of nitrogens with one attached hydrogen (secondary N) is 1. The Kier molecular flexibility index (Phi) is 8.59. The number of anilines is 2. The van der Waals surface area contributed by atoms with Crippen LogP contribution in [0, 0.1) is 0 Å². The van der Waals surface area contributed by atoms with Crippen molar-refractivity contribution in [1.29, 1.82) is 0 Å². The van der Waals surface area contributed by atoms with Crippen molar-refractivity contribution in [2.24, 2.45) is 5.73 Å². The average Bonchev–Trinajstić information content (AvgIpc) is 2.66. The molecule has 2 amide bonds. The highest BCUT2D eigenvalue weighted by Gasteiger charge is 2.39. The zero-order chi connectivity index (χ0) is 25.0. The van der Waals surface area contributed by atoms with Crippen LogP contribution in [0.1, 0.15) is 5.56 Å². The molecule has 0 radical (unpaired) electrons. The van der Waals surface area contributed by atoms with Crippen LogP contribution in [0.25, 0.3) is 0 Å². The van der Waals surface area contributed by atoms with Crippen LogP contribution < -0.4 is 16.0 Å². The number of alkyl halides is 8. The van der Waals surface area contributed by atoms with Gasteiger partial charge in [0.15, 0.2) is 0 Å². The number of nitrogens with zero attached hydrogens (tertiary/aromatic N) is 2. The van der Waals surface area contributed by atoms with Gasteiger partial charge in [0, 0.05) is 18.8 Å². The Bertz CT molecular complexity index is 847. The zero-order valence-corrected chi connectivity index (χ0v) is 16.8. The molecule has 1 fully saturated rings. The highest BCUT2D eigenvalue weighted by molar-refractivity contribution is 5.98. The van der Waals surface area contributed by atoms with Gasteiger partial charge in [-0.2, -0.15) is 26.3 Å². The van der Waals surface area contributed by atoms with Gasteiger partial charge in [0.2, 0.25) is 5.91 Å². The van der Waals surface area contributed by atoms with Crippen molar-refractivity contribution in [2.75, 3.05) is 49.6 Å². The third-order valence-electron chi connectivity index (χ3n) is 4.59. The van der Waals surface area contributed by atoms with Crippen LogP contribution in [0.5, 0.6) is 0 Å². The molecule has 1 aromatic rings. The van der Waals surface area contributed by atoms with Crippen LogP contribution in [0.15, 0.2) is 18.2 Å². The fourth-order valence-electron chi connectivity index (χ4n) is 3.18. The lowest BCUT2D eigenvalue weighted by molar-refractivity contribution is -0.157. The molecule has 186 valence electrons. The van der Waals surface area contributed by atoms with Gasteiger partial charge in [-0.15, -0.1) is 0 Å². The molecule has 1 heterocycles. The summed E-state index contributed by atoms with van der Waals surface area (Å²) in [4.78, 5) is 25.5. The first-order valence-electron chi connectivity index (χ1n) is 9.42. The summed E-state index contributed by atoms with van der Waals surface area (Å²) < 4.78 is 110. The Labute approximate surface area is 182 Å². The normalized spacial score (nSPS) is 16.5. The third kappa shape index (κ3) is 7.50. The predicted molar refractivity (Wildman–Crippen MR) is 99.7 cm³/mol.